The molecule has 1 amide bonds. The summed E-state index contributed by atoms with van der Waals surface area (Å²) in [5.41, 5.74) is 1.66. The number of carbonyl (C=O) groups excluding carboxylic acids is 2. The van der Waals surface area contributed by atoms with Gasteiger partial charge in [0.2, 0.25) is 10.0 Å². The number of benzene rings is 2. The molecule has 0 saturated carbocycles. The van der Waals surface area contributed by atoms with E-state index < -0.39 is 40.4 Å². The highest BCUT2D eigenvalue weighted by atomic mass is 79.9. The van der Waals surface area contributed by atoms with E-state index in [1.54, 1.807) is 13.0 Å². The third-order valence-corrected chi connectivity index (χ3v) is 5.95. The predicted molar refractivity (Wildman–Crippen MR) is 109 cm³/mol. The average molecular weight is 487 g/mol. The number of aryl methyl sites for hydroxylation is 2. The predicted octanol–water partition coefficient (Wildman–Crippen LogP) is 3.05. The molecule has 0 spiro atoms. The minimum absolute atomic E-state index is 0.0184. The Morgan fingerprint density at radius 1 is 1.14 bits per heavy atom. The molecule has 2 aromatic rings. The van der Waals surface area contributed by atoms with Crippen LogP contribution in [0.4, 0.5) is 10.1 Å². The number of hydrogen-bond donors (Lipinski definition) is 2. The van der Waals surface area contributed by atoms with Crippen molar-refractivity contribution >= 4 is 43.5 Å². The standard InChI is InChI=1S/C19H20BrFN2O5S/c1-11-4-6-15(8-12(11)2)29(26,27)22-10-18(24)28-13(3)19(25)23-17-7-5-14(20)9-16(17)21/h4-9,13,22H,10H2,1-3H3,(H,23,25). The minimum atomic E-state index is -3.91. The molecule has 10 heteroatoms. The maximum Gasteiger partial charge on any atom is 0.321 e. The Labute approximate surface area is 176 Å². The Balaban J connectivity index is 1.92. The Kier molecular flexibility index (Phi) is 7.50. The van der Waals surface area contributed by atoms with E-state index in [4.69, 9.17) is 4.74 Å². The van der Waals surface area contributed by atoms with Crippen molar-refractivity contribution in [2.24, 2.45) is 0 Å². The number of esters is 1. The Morgan fingerprint density at radius 2 is 1.83 bits per heavy atom. The third-order valence-electron chi connectivity index (χ3n) is 4.06. The van der Waals surface area contributed by atoms with E-state index in [1.165, 1.54) is 37.3 Å². The molecule has 0 aliphatic heterocycles. The zero-order valence-electron chi connectivity index (χ0n) is 16.0. The van der Waals surface area contributed by atoms with Gasteiger partial charge in [-0.2, -0.15) is 4.72 Å². The van der Waals surface area contributed by atoms with E-state index >= 15 is 0 Å². The van der Waals surface area contributed by atoms with Crippen LogP contribution in [0, 0.1) is 19.7 Å². The molecule has 156 valence electrons. The monoisotopic (exact) mass is 486 g/mol. The van der Waals surface area contributed by atoms with Gasteiger partial charge in [-0.3, -0.25) is 9.59 Å². The first-order chi connectivity index (χ1) is 13.5. The summed E-state index contributed by atoms with van der Waals surface area (Å²) >= 11 is 3.10. The molecular formula is C19H20BrFN2O5S. The topological polar surface area (TPSA) is 102 Å². The van der Waals surface area contributed by atoms with Crippen LogP contribution in [0.15, 0.2) is 45.8 Å². The maximum atomic E-state index is 13.8. The summed E-state index contributed by atoms with van der Waals surface area (Å²) in [6, 6.07) is 8.65. The molecule has 0 bridgehead atoms. The molecule has 29 heavy (non-hydrogen) atoms. The molecule has 0 fully saturated rings. The van der Waals surface area contributed by atoms with Crippen LogP contribution in [0.2, 0.25) is 0 Å². The van der Waals surface area contributed by atoms with Gasteiger partial charge in [0, 0.05) is 4.47 Å². The van der Waals surface area contributed by atoms with Gasteiger partial charge in [-0.15, -0.1) is 0 Å². The van der Waals surface area contributed by atoms with Gasteiger partial charge in [-0.25, -0.2) is 12.8 Å². The molecule has 1 atom stereocenters. The van der Waals surface area contributed by atoms with E-state index in [0.717, 1.165) is 11.1 Å². The number of amides is 1. The highest BCUT2D eigenvalue weighted by molar-refractivity contribution is 9.10. The summed E-state index contributed by atoms with van der Waals surface area (Å²) in [4.78, 5) is 24.0. The van der Waals surface area contributed by atoms with Gasteiger partial charge >= 0.3 is 5.97 Å². The molecule has 2 rings (SSSR count). The number of anilines is 1. The van der Waals surface area contributed by atoms with Crippen LogP contribution in [-0.4, -0.2) is 32.9 Å². The Morgan fingerprint density at radius 3 is 2.45 bits per heavy atom. The largest absolute Gasteiger partial charge is 0.452 e. The fraction of sp³-hybridized carbons (Fsp3) is 0.263. The normalized spacial score (nSPS) is 12.3. The number of ether oxygens (including phenoxy) is 1. The summed E-state index contributed by atoms with van der Waals surface area (Å²) in [7, 11) is -3.91. The van der Waals surface area contributed by atoms with Crippen molar-refractivity contribution in [3.8, 4) is 0 Å². The molecule has 0 aliphatic carbocycles. The van der Waals surface area contributed by atoms with E-state index in [9.17, 15) is 22.4 Å². The average Bonchev–Trinajstić information content (AvgIpc) is 2.64. The number of sulfonamides is 1. The van der Waals surface area contributed by atoms with E-state index in [-0.39, 0.29) is 10.6 Å². The number of rotatable bonds is 7. The van der Waals surface area contributed by atoms with Crippen LogP contribution in [0.3, 0.4) is 0 Å². The lowest BCUT2D eigenvalue weighted by atomic mass is 10.1. The maximum absolute atomic E-state index is 13.8. The molecule has 0 radical (unpaired) electrons. The highest BCUT2D eigenvalue weighted by Gasteiger charge is 2.21. The Bertz CT molecular complexity index is 1040. The molecule has 0 saturated heterocycles. The summed E-state index contributed by atoms with van der Waals surface area (Å²) in [5, 5.41) is 2.30. The van der Waals surface area contributed by atoms with Crippen LogP contribution in [0.5, 0.6) is 0 Å². The van der Waals surface area contributed by atoms with Crippen molar-refractivity contribution in [1.82, 2.24) is 4.72 Å². The molecule has 1 unspecified atom stereocenters. The van der Waals surface area contributed by atoms with Gasteiger partial charge in [0.1, 0.15) is 12.4 Å². The van der Waals surface area contributed by atoms with Gasteiger partial charge in [0.05, 0.1) is 10.6 Å². The van der Waals surface area contributed by atoms with E-state index in [2.05, 4.69) is 26.0 Å². The van der Waals surface area contributed by atoms with Crippen molar-refractivity contribution in [2.75, 3.05) is 11.9 Å². The van der Waals surface area contributed by atoms with Crippen LogP contribution in [0.1, 0.15) is 18.1 Å². The molecular weight excluding hydrogens is 467 g/mol. The smallest absolute Gasteiger partial charge is 0.321 e. The molecule has 0 aliphatic rings. The van der Waals surface area contributed by atoms with Crippen LogP contribution >= 0.6 is 15.9 Å². The zero-order valence-corrected chi connectivity index (χ0v) is 18.4. The summed E-state index contributed by atoms with van der Waals surface area (Å²) < 4.78 is 45.9. The van der Waals surface area contributed by atoms with Gasteiger partial charge in [0.25, 0.3) is 5.91 Å². The van der Waals surface area contributed by atoms with Crippen molar-refractivity contribution in [2.45, 2.75) is 31.8 Å². The molecule has 2 aromatic carbocycles. The number of nitrogens with one attached hydrogen (secondary N) is 2. The zero-order chi connectivity index (χ0) is 21.8. The fourth-order valence-corrected chi connectivity index (χ4v) is 3.62. The summed E-state index contributed by atoms with van der Waals surface area (Å²) in [6.07, 6.45) is -1.25. The number of carbonyl (C=O) groups is 2. The van der Waals surface area contributed by atoms with E-state index in [0.29, 0.717) is 4.47 Å². The first-order valence-corrected chi connectivity index (χ1v) is 10.8. The van der Waals surface area contributed by atoms with Gasteiger partial charge in [-0.05, 0) is 62.2 Å². The lowest BCUT2D eigenvalue weighted by Gasteiger charge is -2.14. The van der Waals surface area contributed by atoms with E-state index in [1.807, 2.05) is 6.92 Å². The summed E-state index contributed by atoms with van der Waals surface area (Å²) in [6.45, 7) is 4.27. The van der Waals surface area contributed by atoms with Gasteiger partial charge in [-0.1, -0.05) is 22.0 Å². The van der Waals surface area contributed by atoms with Crippen molar-refractivity contribution < 1.29 is 27.1 Å². The van der Waals surface area contributed by atoms with Crippen LogP contribution < -0.4 is 10.0 Å². The minimum Gasteiger partial charge on any atom is -0.452 e. The first-order valence-electron chi connectivity index (χ1n) is 8.52. The number of hydrogen-bond acceptors (Lipinski definition) is 5. The lowest BCUT2D eigenvalue weighted by molar-refractivity contribution is -0.151. The third kappa shape index (κ3) is 6.34. The van der Waals surface area contributed by atoms with Crippen molar-refractivity contribution in [1.29, 1.82) is 0 Å². The lowest BCUT2D eigenvalue weighted by Crippen LogP contribution is -2.36. The molecule has 0 heterocycles. The fourth-order valence-electron chi connectivity index (χ4n) is 2.24. The Hall–Kier alpha value is -2.30. The second-order valence-electron chi connectivity index (χ2n) is 6.32. The van der Waals surface area contributed by atoms with Crippen molar-refractivity contribution in [3.05, 3.63) is 57.8 Å². The molecule has 7 nitrogen and oxygen atoms in total. The van der Waals surface area contributed by atoms with Gasteiger partial charge < -0.3 is 10.1 Å². The van der Waals surface area contributed by atoms with Gasteiger partial charge in [0.15, 0.2) is 6.10 Å². The van der Waals surface area contributed by atoms with Crippen molar-refractivity contribution in [3.63, 3.8) is 0 Å². The molecule has 0 aromatic heterocycles. The second-order valence-corrected chi connectivity index (χ2v) is 9.00. The summed E-state index contributed by atoms with van der Waals surface area (Å²) in [5.74, 6) is -2.36. The quantitative estimate of drug-likeness (QED) is 0.585. The first kappa shape index (κ1) is 23.0. The highest BCUT2D eigenvalue weighted by Crippen LogP contribution is 2.19. The van der Waals surface area contributed by atoms with Crippen LogP contribution in [0.25, 0.3) is 0 Å². The SMILES string of the molecule is Cc1ccc(S(=O)(=O)NCC(=O)OC(C)C(=O)Nc2ccc(Br)cc2F)cc1C. The number of halogens is 2. The second kappa shape index (κ2) is 9.47. The molecule has 2 N–H and O–H groups in total. The van der Waals surface area contributed by atoms with Crippen LogP contribution in [-0.2, 0) is 24.3 Å².